The molecule has 8 heteroatoms. The van der Waals surface area contributed by atoms with E-state index in [1.165, 1.54) is 0 Å². The van der Waals surface area contributed by atoms with Crippen molar-refractivity contribution in [2.24, 2.45) is 0 Å². The van der Waals surface area contributed by atoms with E-state index in [1.807, 2.05) is 42.5 Å². The summed E-state index contributed by atoms with van der Waals surface area (Å²) in [7, 11) is 0. The summed E-state index contributed by atoms with van der Waals surface area (Å²) in [5.41, 5.74) is 2.61. The van der Waals surface area contributed by atoms with E-state index in [1.54, 1.807) is 12.3 Å². The van der Waals surface area contributed by atoms with Crippen molar-refractivity contribution >= 4 is 47.0 Å². The van der Waals surface area contributed by atoms with Gasteiger partial charge in [-0.1, -0.05) is 48.0 Å². The molecule has 152 valence electrons. The molecule has 0 saturated carbocycles. The number of H-pyrrole nitrogens is 1. The molecule has 4 N–H and O–H groups in total. The zero-order valence-electron chi connectivity index (χ0n) is 15.6. The van der Waals surface area contributed by atoms with Crippen molar-refractivity contribution < 1.29 is 14.7 Å². The highest BCUT2D eigenvalue weighted by Gasteiger charge is 2.25. The molecule has 0 fully saturated rings. The Morgan fingerprint density at radius 2 is 1.79 bits per heavy atom. The Morgan fingerprint density at radius 3 is 2.52 bits per heavy atom. The number of fused-ring (bicyclic) bond motifs is 1. The lowest BCUT2D eigenvalue weighted by Gasteiger charge is -2.20. The fourth-order valence-corrected chi connectivity index (χ4v) is 3.61. The Morgan fingerprint density at radius 1 is 1.07 bits per heavy atom. The number of carboxylic acids is 1. The van der Waals surface area contributed by atoms with E-state index in [0.717, 1.165) is 22.0 Å². The van der Waals surface area contributed by atoms with Crippen LogP contribution in [0.25, 0.3) is 10.9 Å². The minimum absolute atomic E-state index is 0.175. The van der Waals surface area contributed by atoms with E-state index >= 15 is 0 Å². The van der Waals surface area contributed by atoms with Gasteiger partial charge in [0.2, 0.25) is 5.91 Å². The molecule has 0 spiro atoms. The van der Waals surface area contributed by atoms with Gasteiger partial charge in [0.15, 0.2) is 0 Å². The van der Waals surface area contributed by atoms with Crippen LogP contribution in [-0.2, 0) is 22.6 Å². The summed E-state index contributed by atoms with van der Waals surface area (Å²) in [4.78, 5) is 27.5. The van der Waals surface area contributed by atoms with Crippen LogP contribution in [-0.4, -0.2) is 39.8 Å². The number of thiol groups is 1. The van der Waals surface area contributed by atoms with Crippen LogP contribution in [0.5, 0.6) is 0 Å². The van der Waals surface area contributed by atoms with Crippen LogP contribution in [0, 0.1) is 0 Å². The average Bonchev–Trinajstić information content (AvgIpc) is 3.12. The van der Waals surface area contributed by atoms with Crippen LogP contribution in [0.2, 0.25) is 5.02 Å². The molecule has 1 amide bonds. The number of hydrogen-bond acceptors (Lipinski definition) is 4. The number of carboxylic acid groups (broad SMARTS) is 1. The minimum atomic E-state index is -1.09. The third kappa shape index (κ3) is 5.32. The Balaban J connectivity index is 1.66. The van der Waals surface area contributed by atoms with E-state index < -0.39 is 24.0 Å². The van der Waals surface area contributed by atoms with Crippen LogP contribution in [0.4, 0.5) is 0 Å². The van der Waals surface area contributed by atoms with Gasteiger partial charge >= 0.3 is 5.97 Å². The van der Waals surface area contributed by atoms with Crippen LogP contribution < -0.4 is 10.6 Å². The average molecular weight is 432 g/mol. The van der Waals surface area contributed by atoms with Gasteiger partial charge in [0.25, 0.3) is 0 Å². The number of aromatic nitrogens is 1. The number of halogens is 1. The first-order valence-electron chi connectivity index (χ1n) is 9.15. The molecule has 3 aromatic rings. The van der Waals surface area contributed by atoms with E-state index in [2.05, 4.69) is 28.2 Å². The first-order valence-corrected chi connectivity index (χ1v) is 10.2. The van der Waals surface area contributed by atoms with E-state index in [-0.39, 0.29) is 12.2 Å². The maximum Gasteiger partial charge on any atom is 0.326 e. The largest absolute Gasteiger partial charge is 0.480 e. The number of rotatable bonds is 9. The van der Waals surface area contributed by atoms with Crippen molar-refractivity contribution in [1.82, 2.24) is 15.6 Å². The lowest BCUT2D eigenvalue weighted by Crippen LogP contribution is -2.51. The van der Waals surface area contributed by atoms with E-state index in [9.17, 15) is 14.7 Å². The standard InChI is InChI=1S/C21H22ClN3O3S/c22-16-7-3-1-5-13(16)10-24-19(12-29)20(26)25-18(21(27)28)9-14-11-23-17-8-4-2-6-15(14)17/h1-8,11,18-19,23-24,29H,9-10,12H2,(H,25,26)(H,27,28)/t18-,19-/m0/s1. The van der Waals surface area contributed by atoms with Crippen molar-refractivity contribution in [1.29, 1.82) is 0 Å². The maximum absolute atomic E-state index is 12.7. The monoisotopic (exact) mass is 431 g/mol. The predicted molar refractivity (Wildman–Crippen MR) is 118 cm³/mol. The van der Waals surface area contributed by atoms with Gasteiger partial charge in [-0.05, 0) is 23.3 Å². The van der Waals surface area contributed by atoms with Crippen molar-refractivity contribution in [2.75, 3.05) is 5.75 Å². The number of nitrogens with one attached hydrogen (secondary N) is 3. The lowest BCUT2D eigenvalue weighted by atomic mass is 10.0. The van der Waals surface area contributed by atoms with Gasteiger partial charge < -0.3 is 20.7 Å². The maximum atomic E-state index is 12.7. The van der Waals surface area contributed by atoms with E-state index in [4.69, 9.17) is 11.6 Å². The van der Waals surface area contributed by atoms with Crippen molar-refractivity contribution in [2.45, 2.75) is 25.0 Å². The third-order valence-electron chi connectivity index (χ3n) is 4.71. The topological polar surface area (TPSA) is 94.2 Å². The molecule has 0 aliphatic rings. The quantitative estimate of drug-likeness (QED) is 0.337. The number of hydrogen-bond donors (Lipinski definition) is 5. The van der Waals surface area contributed by atoms with Gasteiger partial charge in [-0.25, -0.2) is 4.79 Å². The van der Waals surface area contributed by atoms with Gasteiger partial charge in [-0.2, -0.15) is 12.6 Å². The summed E-state index contributed by atoms with van der Waals surface area (Å²) >= 11 is 10.4. The Kier molecular flexibility index (Phi) is 7.19. The Labute approximate surface area is 179 Å². The normalized spacial score (nSPS) is 13.2. The van der Waals surface area contributed by atoms with Gasteiger partial charge in [-0.3, -0.25) is 4.79 Å². The highest BCUT2D eigenvalue weighted by atomic mass is 35.5. The predicted octanol–water partition coefficient (Wildman–Crippen LogP) is 3.02. The molecular weight excluding hydrogens is 410 g/mol. The van der Waals surface area contributed by atoms with Gasteiger partial charge in [-0.15, -0.1) is 0 Å². The summed E-state index contributed by atoms with van der Waals surface area (Å²) in [6.45, 7) is 0.374. The van der Waals surface area contributed by atoms with E-state index in [0.29, 0.717) is 11.6 Å². The lowest BCUT2D eigenvalue weighted by molar-refractivity contribution is -0.142. The summed E-state index contributed by atoms with van der Waals surface area (Å²) in [6, 6.07) is 13.3. The second-order valence-corrected chi connectivity index (χ2v) is 7.44. The summed E-state index contributed by atoms with van der Waals surface area (Å²) in [5, 5.41) is 16.9. The fraction of sp³-hybridized carbons (Fsp3) is 0.238. The highest BCUT2D eigenvalue weighted by molar-refractivity contribution is 7.80. The zero-order chi connectivity index (χ0) is 20.8. The number of para-hydroxylation sites is 1. The Hall–Kier alpha value is -2.48. The molecule has 0 radical (unpaired) electrons. The first-order chi connectivity index (χ1) is 14.0. The Bertz CT molecular complexity index is 1010. The summed E-state index contributed by atoms with van der Waals surface area (Å²) in [5.74, 6) is -1.29. The molecule has 1 aromatic heterocycles. The summed E-state index contributed by atoms with van der Waals surface area (Å²) in [6.07, 6.45) is 1.95. The van der Waals surface area contributed by atoms with Crippen molar-refractivity contribution in [3.8, 4) is 0 Å². The van der Waals surface area contributed by atoms with Crippen molar-refractivity contribution in [3.63, 3.8) is 0 Å². The highest BCUT2D eigenvalue weighted by Crippen LogP contribution is 2.19. The molecule has 1 heterocycles. The number of carbonyl (C=O) groups is 2. The second kappa shape index (κ2) is 9.82. The molecule has 0 bridgehead atoms. The van der Waals surface area contributed by atoms with Crippen LogP contribution in [0.15, 0.2) is 54.7 Å². The number of aromatic amines is 1. The molecule has 0 unspecified atom stereocenters. The molecule has 0 saturated heterocycles. The molecule has 2 atom stereocenters. The molecule has 0 aliphatic heterocycles. The molecule has 3 rings (SSSR count). The first kappa shape index (κ1) is 21.2. The van der Waals surface area contributed by atoms with Crippen LogP contribution in [0.1, 0.15) is 11.1 Å². The van der Waals surface area contributed by atoms with Gasteiger partial charge in [0.05, 0.1) is 6.04 Å². The number of amides is 1. The van der Waals surface area contributed by atoms with Gasteiger partial charge in [0.1, 0.15) is 6.04 Å². The minimum Gasteiger partial charge on any atom is -0.480 e. The number of aliphatic carboxylic acids is 1. The molecule has 29 heavy (non-hydrogen) atoms. The smallest absolute Gasteiger partial charge is 0.326 e. The number of carbonyl (C=O) groups excluding carboxylic acids is 1. The number of benzene rings is 2. The van der Waals surface area contributed by atoms with Gasteiger partial charge in [0, 0.05) is 40.8 Å². The summed E-state index contributed by atoms with van der Waals surface area (Å²) < 4.78 is 0. The SMILES string of the molecule is O=C(O)[C@H](Cc1c[nH]c2ccccc12)NC(=O)[C@H](CS)NCc1ccccc1Cl. The third-order valence-corrected chi connectivity index (χ3v) is 5.44. The molecule has 2 aromatic carbocycles. The zero-order valence-corrected chi connectivity index (χ0v) is 17.2. The van der Waals surface area contributed by atoms with Crippen LogP contribution >= 0.6 is 24.2 Å². The van der Waals surface area contributed by atoms with Crippen molar-refractivity contribution in [3.05, 3.63) is 70.9 Å². The molecule has 0 aliphatic carbocycles. The molecule has 6 nitrogen and oxygen atoms in total. The molecular formula is C21H22ClN3O3S. The van der Waals surface area contributed by atoms with Crippen LogP contribution in [0.3, 0.4) is 0 Å². The fourth-order valence-electron chi connectivity index (χ4n) is 3.11. The second-order valence-electron chi connectivity index (χ2n) is 6.67.